The van der Waals surface area contributed by atoms with E-state index in [1.165, 1.54) is 6.42 Å². The van der Waals surface area contributed by atoms with Crippen molar-refractivity contribution in [1.29, 1.82) is 0 Å². The quantitative estimate of drug-likeness (QED) is 0.523. The predicted molar refractivity (Wildman–Crippen MR) is 70.2 cm³/mol. The molecule has 0 bridgehead atoms. The van der Waals surface area contributed by atoms with Crippen LogP contribution in [0.25, 0.3) is 0 Å². The summed E-state index contributed by atoms with van der Waals surface area (Å²) < 4.78 is 0. The van der Waals surface area contributed by atoms with Crippen LogP contribution in [0.3, 0.4) is 0 Å². The third-order valence-corrected chi connectivity index (χ3v) is 3.80. The van der Waals surface area contributed by atoms with Gasteiger partial charge in [0, 0.05) is 12.1 Å². The molecule has 102 valence electrons. The van der Waals surface area contributed by atoms with Crippen LogP contribution in [-0.2, 0) is 0 Å². The molecular formula is C12H14ClN3O3. The number of nitro groups is 1. The standard InChI is InChI=1S/C12H14ClN3O3/c1-7(8-3-2-4-8)15-12(17)10-5-9(16(18)19)6-14-11(10)13/h5-8H,2-4H2,1H3,(H,15,17). The number of amides is 1. The largest absolute Gasteiger partial charge is 0.349 e. The molecule has 19 heavy (non-hydrogen) atoms. The minimum atomic E-state index is -0.602. The van der Waals surface area contributed by atoms with Crippen LogP contribution < -0.4 is 5.32 Å². The number of carbonyl (C=O) groups excluding carboxylic acids is 1. The van der Waals surface area contributed by atoms with Gasteiger partial charge in [-0.3, -0.25) is 14.9 Å². The van der Waals surface area contributed by atoms with Gasteiger partial charge in [-0.05, 0) is 25.7 Å². The van der Waals surface area contributed by atoms with Gasteiger partial charge in [0.15, 0.2) is 0 Å². The maximum absolute atomic E-state index is 12.0. The van der Waals surface area contributed by atoms with Crippen LogP contribution >= 0.6 is 11.6 Å². The summed E-state index contributed by atoms with van der Waals surface area (Å²) in [5, 5.41) is 13.5. The molecule has 2 rings (SSSR count). The Morgan fingerprint density at radius 2 is 2.32 bits per heavy atom. The first kappa shape index (κ1) is 13.7. The molecule has 1 unspecified atom stereocenters. The number of halogens is 1. The van der Waals surface area contributed by atoms with Gasteiger partial charge in [-0.1, -0.05) is 18.0 Å². The van der Waals surface area contributed by atoms with Crippen LogP contribution in [0.2, 0.25) is 5.15 Å². The zero-order valence-electron chi connectivity index (χ0n) is 10.4. The second-order valence-corrected chi connectivity index (χ2v) is 5.10. The summed E-state index contributed by atoms with van der Waals surface area (Å²) in [5.74, 6) is 0.0648. The number of rotatable bonds is 4. The Morgan fingerprint density at radius 3 is 2.84 bits per heavy atom. The highest BCUT2D eigenvalue weighted by molar-refractivity contribution is 6.32. The van der Waals surface area contributed by atoms with Gasteiger partial charge >= 0.3 is 0 Å². The molecule has 1 aromatic heterocycles. The van der Waals surface area contributed by atoms with Crippen LogP contribution in [0.1, 0.15) is 36.5 Å². The van der Waals surface area contributed by atoms with E-state index in [9.17, 15) is 14.9 Å². The van der Waals surface area contributed by atoms with E-state index in [0.29, 0.717) is 5.92 Å². The minimum Gasteiger partial charge on any atom is -0.349 e. The van der Waals surface area contributed by atoms with Crippen LogP contribution in [0.4, 0.5) is 5.69 Å². The van der Waals surface area contributed by atoms with E-state index >= 15 is 0 Å². The number of nitrogens with zero attached hydrogens (tertiary/aromatic N) is 2. The molecule has 0 saturated heterocycles. The van der Waals surface area contributed by atoms with E-state index in [1.807, 2.05) is 6.92 Å². The molecular weight excluding hydrogens is 270 g/mol. The van der Waals surface area contributed by atoms with Gasteiger partial charge in [0.25, 0.3) is 11.6 Å². The van der Waals surface area contributed by atoms with Gasteiger partial charge in [0.1, 0.15) is 11.3 Å². The average molecular weight is 284 g/mol. The summed E-state index contributed by atoms with van der Waals surface area (Å²) in [6, 6.07) is 1.19. The molecule has 6 nitrogen and oxygen atoms in total. The number of carbonyl (C=O) groups is 1. The highest BCUT2D eigenvalue weighted by Gasteiger charge is 2.26. The topological polar surface area (TPSA) is 85.1 Å². The first-order valence-electron chi connectivity index (χ1n) is 6.10. The van der Waals surface area contributed by atoms with E-state index in [1.54, 1.807) is 0 Å². The lowest BCUT2D eigenvalue weighted by atomic mass is 9.80. The maximum Gasteiger partial charge on any atom is 0.288 e. The first-order chi connectivity index (χ1) is 8.99. The van der Waals surface area contributed by atoms with Gasteiger partial charge in [-0.25, -0.2) is 4.98 Å². The second kappa shape index (κ2) is 5.52. The van der Waals surface area contributed by atoms with Crippen molar-refractivity contribution >= 4 is 23.2 Å². The molecule has 1 aliphatic carbocycles. The SMILES string of the molecule is CC(NC(=O)c1cc([N+](=O)[O-])cnc1Cl)C1CCC1. The minimum absolute atomic E-state index is 0.0242. The summed E-state index contributed by atoms with van der Waals surface area (Å²) >= 11 is 5.81. The number of hydrogen-bond acceptors (Lipinski definition) is 4. The molecule has 1 aromatic rings. The predicted octanol–water partition coefficient (Wildman–Crippen LogP) is 2.56. The van der Waals surface area contributed by atoms with E-state index < -0.39 is 10.8 Å². The fourth-order valence-corrected chi connectivity index (χ4v) is 2.23. The van der Waals surface area contributed by atoms with Gasteiger partial charge in [0.05, 0.1) is 10.5 Å². The molecule has 0 aromatic carbocycles. The molecule has 1 fully saturated rings. The van der Waals surface area contributed by atoms with E-state index in [4.69, 9.17) is 11.6 Å². The van der Waals surface area contributed by atoms with Crippen molar-refractivity contribution < 1.29 is 9.72 Å². The van der Waals surface area contributed by atoms with Gasteiger partial charge < -0.3 is 5.32 Å². The molecule has 1 saturated carbocycles. The third-order valence-electron chi connectivity index (χ3n) is 3.50. The van der Waals surface area contributed by atoms with E-state index in [0.717, 1.165) is 25.1 Å². The Kier molecular flexibility index (Phi) is 3.99. The molecule has 0 aliphatic heterocycles. The van der Waals surface area contributed by atoms with Crippen molar-refractivity contribution in [3.63, 3.8) is 0 Å². The number of aromatic nitrogens is 1. The summed E-state index contributed by atoms with van der Waals surface area (Å²) in [6.45, 7) is 1.93. The Morgan fingerprint density at radius 1 is 1.63 bits per heavy atom. The molecule has 1 atom stereocenters. The monoisotopic (exact) mass is 283 g/mol. The average Bonchev–Trinajstić information content (AvgIpc) is 2.26. The highest BCUT2D eigenvalue weighted by atomic mass is 35.5. The highest BCUT2D eigenvalue weighted by Crippen LogP contribution is 2.29. The second-order valence-electron chi connectivity index (χ2n) is 4.74. The maximum atomic E-state index is 12.0. The first-order valence-corrected chi connectivity index (χ1v) is 6.47. The Labute approximate surface area is 115 Å². The number of nitrogens with one attached hydrogen (secondary N) is 1. The molecule has 7 heteroatoms. The Bertz CT molecular complexity index is 517. The molecule has 1 aliphatic rings. The van der Waals surface area contributed by atoms with Crippen molar-refractivity contribution in [2.75, 3.05) is 0 Å². The summed E-state index contributed by atoms with van der Waals surface area (Å²) in [7, 11) is 0. The molecule has 1 heterocycles. The van der Waals surface area contributed by atoms with Crippen LogP contribution in [0.15, 0.2) is 12.3 Å². The van der Waals surface area contributed by atoms with Crippen LogP contribution in [-0.4, -0.2) is 21.9 Å². The van der Waals surface area contributed by atoms with Gasteiger partial charge in [0.2, 0.25) is 0 Å². The van der Waals surface area contributed by atoms with Crippen molar-refractivity contribution in [3.8, 4) is 0 Å². The van der Waals surface area contributed by atoms with Crippen molar-refractivity contribution in [2.24, 2.45) is 5.92 Å². The molecule has 0 spiro atoms. The van der Waals surface area contributed by atoms with Gasteiger partial charge in [-0.15, -0.1) is 0 Å². The third kappa shape index (κ3) is 3.01. The lowest BCUT2D eigenvalue weighted by Crippen LogP contribution is -2.40. The Hall–Kier alpha value is -1.69. The zero-order chi connectivity index (χ0) is 14.0. The smallest absolute Gasteiger partial charge is 0.288 e. The van der Waals surface area contributed by atoms with Crippen molar-refractivity contribution in [1.82, 2.24) is 10.3 Å². The molecule has 1 N–H and O–H groups in total. The van der Waals surface area contributed by atoms with Crippen molar-refractivity contribution in [3.05, 3.63) is 33.1 Å². The fraction of sp³-hybridized carbons (Fsp3) is 0.500. The van der Waals surface area contributed by atoms with E-state index in [-0.39, 0.29) is 22.4 Å². The van der Waals surface area contributed by atoms with Gasteiger partial charge in [-0.2, -0.15) is 0 Å². The number of pyridine rings is 1. The lowest BCUT2D eigenvalue weighted by Gasteiger charge is -2.31. The molecule has 0 radical (unpaired) electrons. The van der Waals surface area contributed by atoms with Crippen molar-refractivity contribution in [2.45, 2.75) is 32.2 Å². The molecule has 1 amide bonds. The Balaban J connectivity index is 2.13. The lowest BCUT2D eigenvalue weighted by molar-refractivity contribution is -0.385. The van der Waals surface area contributed by atoms with Crippen LogP contribution in [0.5, 0.6) is 0 Å². The zero-order valence-corrected chi connectivity index (χ0v) is 11.2. The van der Waals surface area contributed by atoms with E-state index in [2.05, 4.69) is 10.3 Å². The summed E-state index contributed by atoms with van der Waals surface area (Å²) in [6.07, 6.45) is 4.42. The normalized spacial score (nSPS) is 16.5. The number of hydrogen-bond donors (Lipinski definition) is 1. The van der Waals surface area contributed by atoms with Crippen LogP contribution in [0, 0.1) is 16.0 Å². The summed E-state index contributed by atoms with van der Waals surface area (Å²) in [5.41, 5.74) is -0.201. The fourth-order valence-electron chi connectivity index (χ4n) is 2.04. The summed E-state index contributed by atoms with van der Waals surface area (Å²) in [4.78, 5) is 25.8.